The Morgan fingerprint density at radius 2 is 1.82 bits per heavy atom. The van der Waals surface area contributed by atoms with Gasteiger partial charge in [-0.25, -0.2) is 0 Å². The highest BCUT2D eigenvalue weighted by Gasteiger charge is 2.45. The summed E-state index contributed by atoms with van der Waals surface area (Å²) in [5.74, 6) is -0.0963. The van der Waals surface area contributed by atoms with Crippen molar-refractivity contribution in [3.63, 3.8) is 0 Å². The molecule has 1 aromatic carbocycles. The molecule has 17 heavy (non-hydrogen) atoms. The summed E-state index contributed by atoms with van der Waals surface area (Å²) in [6, 6.07) is 7.20. The smallest absolute Gasteiger partial charge is 0.234 e. The zero-order valence-electron chi connectivity index (χ0n) is 10.0. The average Bonchev–Trinajstić information content (AvgIpc) is 2.38. The SMILES string of the molecule is CN1C(=O)C(C)(C)C(Br)C(=O)c2ccccc21. The van der Waals surface area contributed by atoms with E-state index in [1.807, 2.05) is 12.1 Å². The molecule has 1 amide bonds. The van der Waals surface area contributed by atoms with Crippen LogP contribution in [0.15, 0.2) is 24.3 Å². The largest absolute Gasteiger partial charge is 0.314 e. The Labute approximate surface area is 109 Å². The van der Waals surface area contributed by atoms with Gasteiger partial charge in [-0.05, 0) is 26.0 Å². The van der Waals surface area contributed by atoms with Crippen LogP contribution >= 0.6 is 15.9 Å². The van der Waals surface area contributed by atoms with E-state index in [4.69, 9.17) is 0 Å². The molecule has 1 unspecified atom stereocenters. The summed E-state index contributed by atoms with van der Waals surface area (Å²) in [5, 5.41) is 0. The van der Waals surface area contributed by atoms with Gasteiger partial charge in [0.15, 0.2) is 5.78 Å². The minimum Gasteiger partial charge on any atom is -0.314 e. The standard InChI is InChI=1S/C13H14BrNO2/c1-13(2)11(14)10(16)8-6-4-5-7-9(8)15(3)12(13)17/h4-7,11H,1-3H3. The highest BCUT2D eigenvalue weighted by atomic mass is 79.9. The molecule has 3 nitrogen and oxygen atoms in total. The van der Waals surface area contributed by atoms with Crippen LogP contribution in [-0.4, -0.2) is 23.6 Å². The molecule has 0 bridgehead atoms. The van der Waals surface area contributed by atoms with Crippen molar-refractivity contribution in [2.45, 2.75) is 18.7 Å². The molecule has 4 heteroatoms. The molecule has 0 fully saturated rings. The van der Waals surface area contributed by atoms with E-state index in [0.717, 1.165) is 0 Å². The van der Waals surface area contributed by atoms with Gasteiger partial charge in [-0.3, -0.25) is 9.59 Å². The molecule has 0 aliphatic carbocycles. The number of anilines is 1. The third-order valence-corrected chi connectivity index (χ3v) is 4.81. The van der Waals surface area contributed by atoms with Crippen molar-refractivity contribution in [2.75, 3.05) is 11.9 Å². The maximum Gasteiger partial charge on any atom is 0.234 e. The molecule has 0 aromatic heterocycles. The van der Waals surface area contributed by atoms with Gasteiger partial charge in [0.25, 0.3) is 0 Å². The van der Waals surface area contributed by atoms with E-state index in [1.165, 1.54) is 0 Å². The second-order valence-corrected chi connectivity index (χ2v) is 5.75. The van der Waals surface area contributed by atoms with Gasteiger partial charge in [-0.1, -0.05) is 28.1 Å². The normalized spacial score (nSPS) is 23.3. The lowest BCUT2D eigenvalue weighted by atomic mass is 9.85. The summed E-state index contributed by atoms with van der Waals surface area (Å²) in [6.45, 7) is 3.57. The maximum atomic E-state index is 12.3. The van der Waals surface area contributed by atoms with Crippen LogP contribution in [-0.2, 0) is 4.79 Å². The van der Waals surface area contributed by atoms with Gasteiger partial charge in [0.05, 0.1) is 15.9 Å². The van der Waals surface area contributed by atoms with Crippen LogP contribution in [0.2, 0.25) is 0 Å². The van der Waals surface area contributed by atoms with E-state index in [-0.39, 0.29) is 11.7 Å². The molecule has 1 aromatic rings. The van der Waals surface area contributed by atoms with Crippen molar-refractivity contribution in [1.29, 1.82) is 0 Å². The third-order valence-electron chi connectivity index (χ3n) is 3.25. The van der Waals surface area contributed by atoms with Gasteiger partial charge in [-0.15, -0.1) is 0 Å². The summed E-state index contributed by atoms with van der Waals surface area (Å²) < 4.78 is 0. The number of alkyl halides is 1. The monoisotopic (exact) mass is 295 g/mol. The Kier molecular flexibility index (Phi) is 2.86. The van der Waals surface area contributed by atoms with Gasteiger partial charge in [0.1, 0.15) is 0 Å². The first kappa shape index (κ1) is 12.3. The number of amides is 1. The number of ketones is 1. The fourth-order valence-corrected chi connectivity index (χ4v) is 2.53. The fourth-order valence-electron chi connectivity index (χ4n) is 2.09. The number of benzene rings is 1. The molecular formula is C13H14BrNO2. The van der Waals surface area contributed by atoms with Gasteiger partial charge < -0.3 is 4.90 Å². The number of hydrogen-bond donors (Lipinski definition) is 0. The summed E-state index contributed by atoms with van der Waals surface area (Å²) in [5.41, 5.74) is 0.526. The second-order valence-electron chi connectivity index (χ2n) is 4.83. The number of hydrogen-bond acceptors (Lipinski definition) is 2. The van der Waals surface area contributed by atoms with Crippen LogP contribution < -0.4 is 4.90 Å². The summed E-state index contributed by atoms with van der Waals surface area (Å²) in [4.78, 5) is 25.7. The summed E-state index contributed by atoms with van der Waals surface area (Å²) in [6.07, 6.45) is 0. The van der Waals surface area contributed by atoms with Crippen molar-refractivity contribution in [3.05, 3.63) is 29.8 Å². The van der Waals surface area contributed by atoms with E-state index in [9.17, 15) is 9.59 Å². The van der Waals surface area contributed by atoms with Crippen LogP contribution in [0.5, 0.6) is 0 Å². The first-order chi connectivity index (χ1) is 7.87. The topological polar surface area (TPSA) is 37.4 Å². The van der Waals surface area contributed by atoms with Crippen LogP contribution in [0, 0.1) is 5.41 Å². The lowest BCUT2D eigenvalue weighted by Crippen LogP contribution is -2.43. The quantitative estimate of drug-likeness (QED) is 0.690. The molecular weight excluding hydrogens is 282 g/mol. The number of para-hydroxylation sites is 1. The number of fused-ring (bicyclic) bond motifs is 1. The Hall–Kier alpha value is -1.16. The minimum absolute atomic E-state index is 0.0386. The van der Waals surface area contributed by atoms with Gasteiger partial charge in [0, 0.05) is 12.6 Å². The van der Waals surface area contributed by atoms with E-state index < -0.39 is 10.2 Å². The fraction of sp³-hybridized carbons (Fsp3) is 0.385. The zero-order chi connectivity index (χ0) is 12.8. The Morgan fingerprint density at radius 3 is 2.47 bits per heavy atom. The predicted octanol–water partition coefficient (Wildman–Crippen LogP) is 2.64. The van der Waals surface area contributed by atoms with Crippen molar-refractivity contribution < 1.29 is 9.59 Å². The number of carbonyl (C=O) groups is 2. The van der Waals surface area contributed by atoms with Gasteiger partial charge in [0.2, 0.25) is 5.91 Å². The molecule has 2 rings (SSSR count). The molecule has 90 valence electrons. The van der Waals surface area contributed by atoms with E-state index >= 15 is 0 Å². The Balaban J connectivity index is 2.67. The molecule has 0 saturated heterocycles. The molecule has 0 spiro atoms. The molecule has 1 atom stereocenters. The number of carbonyl (C=O) groups excluding carboxylic acids is 2. The molecule has 0 N–H and O–H groups in total. The van der Waals surface area contributed by atoms with Crippen LogP contribution in [0.1, 0.15) is 24.2 Å². The lowest BCUT2D eigenvalue weighted by Gasteiger charge is -2.28. The van der Waals surface area contributed by atoms with Gasteiger partial charge in [-0.2, -0.15) is 0 Å². The van der Waals surface area contributed by atoms with Crippen molar-refractivity contribution >= 4 is 33.3 Å². The molecule has 1 heterocycles. The number of halogens is 1. The van der Waals surface area contributed by atoms with Crippen LogP contribution in [0.4, 0.5) is 5.69 Å². The third kappa shape index (κ3) is 1.71. The minimum atomic E-state index is -0.745. The average molecular weight is 296 g/mol. The first-order valence-electron chi connectivity index (χ1n) is 5.43. The van der Waals surface area contributed by atoms with Crippen molar-refractivity contribution in [1.82, 2.24) is 0 Å². The number of nitrogens with zero attached hydrogens (tertiary/aromatic N) is 1. The molecule has 0 saturated carbocycles. The maximum absolute atomic E-state index is 12.3. The Morgan fingerprint density at radius 1 is 1.24 bits per heavy atom. The highest BCUT2D eigenvalue weighted by molar-refractivity contribution is 9.10. The second kappa shape index (κ2) is 3.95. The predicted molar refractivity (Wildman–Crippen MR) is 70.7 cm³/mol. The number of rotatable bonds is 0. The molecule has 1 aliphatic heterocycles. The lowest BCUT2D eigenvalue weighted by molar-refractivity contribution is -0.125. The highest BCUT2D eigenvalue weighted by Crippen LogP contribution is 2.38. The Bertz CT molecular complexity index is 496. The van der Waals surface area contributed by atoms with Crippen molar-refractivity contribution in [3.8, 4) is 0 Å². The van der Waals surface area contributed by atoms with E-state index in [2.05, 4.69) is 15.9 Å². The molecule has 1 aliphatic rings. The van der Waals surface area contributed by atoms with Crippen LogP contribution in [0.3, 0.4) is 0 Å². The summed E-state index contributed by atoms with van der Waals surface area (Å²) >= 11 is 3.37. The van der Waals surface area contributed by atoms with Crippen LogP contribution in [0.25, 0.3) is 0 Å². The van der Waals surface area contributed by atoms with E-state index in [0.29, 0.717) is 11.3 Å². The molecule has 0 radical (unpaired) electrons. The number of Topliss-reactive ketones (excluding diaryl/α,β-unsaturated/α-hetero) is 1. The van der Waals surface area contributed by atoms with Gasteiger partial charge >= 0.3 is 0 Å². The first-order valence-corrected chi connectivity index (χ1v) is 6.34. The van der Waals surface area contributed by atoms with Crippen molar-refractivity contribution in [2.24, 2.45) is 5.41 Å². The zero-order valence-corrected chi connectivity index (χ0v) is 11.6. The summed E-state index contributed by atoms with van der Waals surface area (Å²) in [7, 11) is 1.71. The van der Waals surface area contributed by atoms with E-state index in [1.54, 1.807) is 37.9 Å².